The van der Waals surface area contributed by atoms with Gasteiger partial charge in [-0.3, -0.25) is 9.78 Å². The molecule has 5 rings (SSSR count). The van der Waals surface area contributed by atoms with Gasteiger partial charge in [-0.25, -0.2) is 26.4 Å². The lowest BCUT2D eigenvalue weighted by Crippen LogP contribution is -2.41. The number of nitrogens with zero attached hydrogens (tertiary/aromatic N) is 2. The van der Waals surface area contributed by atoms with E-state index in [0.717, 1.165) is 6.26 Å². The van der Waals surface area contributed by atoms with E-state index in [0.29, 0.717) is 47.1 Å². The number of anilines is 1. The minimum atomic E-state index is -3.86. The maximum absolute atomic E-state index is 15.4. The smallest absolute Gasteiger partial charge is 0.238 e. The van der Waals surface area contributed by atoms with Crippen LogP contribution in [0.1, 0.15) is 24.5 Å². The van der Waals surface area contributed by atoms with Crippen LogP contribution >= 0.6 is 0 Å². The normalized spacial score (nSPS) is 16.7. The van der Waals surface area contributed by atoms with Crippen molar-refractivity contribution in [1.82, 2.24) is 4.98 Å². The predicted octanol–water partition coefficient (Wildman–Crippen LogP) is 4.00. The summed E-state index contributed by atoms with van der Waals surface area (Å²) in [4.78, 5) is 19.5. The summed E-state index contributed by atoms with van der Waals surface area (Å²) < 4.78 is 63.1. The molecule has 38 heavy (non-hydrogen) atoms. The van der Waals surface area contributed by atoms with Crippen LogP contribution < -0.4 is 10.0 Å². The average Bonchev–Trinajstić information content (AvgIpc) is 2.87. The first-order chi connectivity index (χ1) is 17.9. The SMILES string of the molecule is CS(=O)(=O)c1ccccc1-c1ccc(N2CCCC(c3ccc4cc(S(N)(=O)=O)ccc4n3)C2=O)c(F)c1. The third-order valence-corrected chi connectivity index (χ3v) is 8.71. The molecule has 4 aromatic rings. The molecule has 1 aromatic heterocycles. The number of halogens is 1. The van der Waals surface area contributed by atoms with Gasteiger partial charge in [0.05, 0.1) is 32.6 Å². The number of sulfonamides is 1. The fourth-order valence-electron chi connectivity index (χ4n) is 4.80. The number of piperidine rings is 1. The molecule has 1 aliphatic rings. The molecule has 2 N–H and O–H groups in total. The molecule has 3 aromatic carbocycles. The van der Waals surface area contributed by atoms with E-state index in [1.54, 1.807) is 36.4 Å². The molecule has 1 aliphatic heterocycles. The number of nitrogens with two attached hydrogens (primary N) is 1. The summed E-state index contributed by atoms with van der Waals surface area (Å²) in [6, 6.07) is 18.4. The maximum atomic E-state index is 15.4. The quantitative estimate of drug-likeness (QED) is 0.398. The number of hydrogen-bond donors (Lipinski definition) is 1. The standard InChI is InChI=1S/C27H24FN3O5S2/c1-37(33,34)26-7-3-2-5-20(26)17-9-13-25(22(28)16-17)31-14-4-6-21(27(31)32)24-11-8-18-15-19(38(29,35)36)10-12-23(18)30-24/h2-3,5,7-13,15-16,21H,4,6,14H2,1H3,(H2,29,35,36). The molecule has 196 valence electrons. The summed E-state index contributed by atoms with van der Waals surface area (Å²) in [5.41, 5.74) is 1.91. The highest BCUT2D eigenvalue weighted by Gasteiger charge is 2.33. The summed E-state index contributed by atoms with van der Waals surface area (Å²) >= 11 is 0. The van der Waals surface area contributed by atoms with Gasteiger partial charge in [0.25, 0.3) is 0 Å². The van der Waals surface area contributed by atoms with Crippen LogP contribution in [0.5, 0.6) is 0 Å². The van der Waals surface area contributed by atoms with E-state index in [2.05, 4.69) is 4.98 Å². The van der Waals surface area contributed by atoms with Crippen molar-refractivity contribution in [2.75, 3.05) is 17.7 Å². The molecule has 0 radical (unpaired) electrons. The van der Waals surface area contributed by atoms with Crippen LogP contribution in [0.15, 0.2) is 82.6 Å². The van der Waals surface area contributed by atoms with E-state index in [1.165, 1.54) is 41.3 Å². The topological polar surface area (TPSA) is 128 Å². The van der Waals surface area contributed by atoms with Gasteiger partial charge in [-0.2, -0.15) is 0 Å². The second-order valence-corrected chi connectivity index (χ2v) is 12.8. The van der Waals surface area contributed by atoms with Crippen molar-refractivity contribution in [2.45, 2.75) is 28.6 Å². The first-order valence-electron chi connectivity index (χ1n) is 11.8. The van der Waals surface area contributed by atoms with Crippen LogP contribution in [0.3, 0.4) is 0 Å². The maximum Gasteiger partial charge on any atom is 0.238 e. The Morgan fingerprint density at radius 1 is 0.974 bits per heavy atom. The third kappa shape index (κ3) is 4.92. The number of benzene rings is 3. The van der Waals surface area contributed by atoms with Gasteiger partial charge in [-0.15, -0.1) is 0 Å². The van der Waals surface area contributed by atoms with Crippen molar-refractivity contribution in [1.29, 1.82) is 0 Å². The molecule has 11 heteroatoms. The molecule has 1 atom stereocenters. The molecule has 2 heterocycles. The molecule has 8 nitrogen and oxygen atoms in total. The van der Waals surface area contributed by atoms with Crippen LogP contribution in [-0.4, -0.2) is 40.5 Å². The Labute approximate surface area is 219 Å². The van der Waals surface area contributed by atoms with E-state index in [1.807, 2.05) is 0 Å². The van der Waals surface area contributed by atoms with Crippen molar-refractivity contribution in [2.24, 2.45) is 5.14 Å². The van der Waals surface area contributed by atoms with Crippen molar-refractivity contribution in [3.8, 4) is 11.1 Å². The molecule has 0 saturated carbocycles. The largest absolute Gasteiger partial charge is 0.309 e. The molecule has 1 fully saturated rings. The van der Waals surface area contributed by atoms with Gasteiger partial charge >= 0.3 is 0 Å². The number of rotatable bonds is 5. The summed E-state index contributed by atoms with van der Waals surface area (Å²) in [6.45, 7) is 0.330. The van der Waals surface area contributed by atoms with Crippen molar-refractivity contribution >= 4 is 42.4 Å². The van der Waals surface area contributed by atoms with Crippen molar-refractivity contribution in [3.63, 3.8) is 0 Å². The number of carbonyl (C=O) groups is 1. The minimum Gasteiger partial charge on any atom is -0.309 e. The number of amides is 1. The number of pyridine rings is 1. The van der Waals surface area contributed by atoms with Gasteiger partial charge in [0.2, 0.25) is 15.9 Å². The number of aromatic nitrogens is 1. The number of sulfone groups is 1. The van der Waals surface area contributed by atoms with Gasteiger partial charge in [0.1, 0.15) is 5.82 Å². The second kappa shape index (κ2) is 9.57. The summed E-state index contributed by atoms with van der Waals surface area (Å²) in [6.07, 6.45) is 2.26. The Morgan fingerprint density at radius 2 is 1.74 bits per heavy atom. The molecule has 0 bridgehead atoms. The monoisotopic (exact) mass is 553 g/mol. The van der Waals surface area contributed by atoms with Crippen molar-refractivity contribution < 1.29 is 26.0 Å². The summed E-state index contributed by atoms with van der Waals surface area (Å²) in [5, 5.41) is 5.77. The van der Waals surface area contributed by atoms with Gasteiger partial charge < -0.3 is 4.90 Å². The van der Waals surface area contributed by atoms with E-state index in [4.69, 9.17) is 5.14 Å². The number of primary sulfonamides is 1. The van der Waals surface area contributed by atoms with Gasteiger partial charge in [-0.05, 0) is 60.9 Å². The third-order valence-electron chi connectivity index (χ3n) is 6.64. The Kier molecular flexibility index (Phi) is 6.54. The Hall–Kier alpha value is -3.67. The van der Waals surface area contributed by atoms with E-state index < -0.39 is 31.6 Å². The van der Waals surface area contributed by atoms with E-state index >= 15 is 4.39 Å². The Morgan fingerprint density at radius 3 is 2.45 bits per heavy atom. The lowest BCUT2D eigenvalue weighted by molar-refractivity contribution is -0.121. The molecular formula is C27H24FN3O5S2. The Bertz CT molecular complexity index is 1810. The van der Waals surface area contributed by atoms with Crippen LogP contribution in [0.4, 0.5) is 10.1 Å². The van der Waals surface area contributed by atoms with Crippen LogP contribution in [0.2, 0.25) is 0 Å². The first-order valence-corrected chi connectivity index (χ1v) is 15.2. The average molecular weight is 554 g/mol. The van der Waals surface area contributed by atoms with Gasteiger partial charge in [0.15, 0.2) is 9.84 Å². The summed E-state index contributed by atoms with van der Waals surface area (Å²) in [5.74, 6) is -1.54. The number of fused-ring (bicyclic) bond motifs is 1. The highest BCUT2D eigenvalue weighted by molar-refractivity contribution is 7.90. The van der Waals surface area contributed by atoms with E-state index in [-0.39, 0.29) is 21.4 Å². The van der Waals surface area contributed by atoms with Gasteiger partial charge in [0, 0.05) is 23.8 Å². The van der Waals surface area contributed by atoms with Crippen LogP contribution in [0, 0.1) is 5.82 Å². The van der Waals surface area contributed by atoms with E-state index in [9.17, 15) is 21.6 Å². The zero-order chi connectivity index (χ0) is 27.2. The molecular weight excluding hydrogens is 529 g/mol. The second-order valence-electron chi connectivity index (χ2n) is 9.25. The zero-order valence-electron chi connectivity index (χ0n) is 20.3. The number of hydrogen-bond acceptors (Lipinski definition) is 6. The predicted molar refractivity (Wildman–Crippen MR) is 142 cm³/mol. The lowest BCUT2D eigenvalue weighted by atomic mass is 9.92. The molecule has 0 aliphatic carbocycles. The van der Waals surface area contributed by atoms with Crippen LogP contribution in [0.25, 0.3) is 22.0 Å². The highest BCUT2D eigenvalue weighted by Crippen LogP contribution is 2.35. The minimum absolute atomic E-state index is 0.0300. The van der Waals surface area contributed by atoms with Gasteiger partial charge in [-0.1, -0.05) is 30.3 Å². The molecule has 1 unspecified atom stereocenters. The summed E-state index contributed by atoms with van der Waals surface area (Å²) in [7, 11) is -7.39. The lowest BCUT2D eigenvalue weighted by Gasteiger charge is -2.32. The molecule has 1 amide bonds. The first kappa shape index (κ1) is 26.0. The van der Waals surface area contributed by atoms with Crippen LogP contribution in [-0.2, 0) is 24.7 Å². The Balaban J connectivity index is 1.46. The van der Waals surface area contributed by atoms with Crippen molar-refractivity contribution in [3.05, 3.63) is 84.3 Å². The fraction of sp³-hybridized carbons (Fsp3) is 0.185. The fourth-order valence-corrected chi connectivity index (χ4v) is 6.26. The molecule has 0 spiro atoms. The zero-order valence-corrected chi connectivity index (χ0v) is 22.0. The molecule has 1 saturated heterocycles. The highest BCUT2D eigenvalue weighted by atomic mass is 32.2. The number of carbonyl (C=O) groups excluding carboxylic acids is 1.